The second-order valence-corrected chi connectivity index (χ2v) is 5.13. The quantitative estimate of drug-likeness (QED) is 0.890. The van der Waals surface area contributed by atoms with Gasteiger partial charge >= 0.3 is 0 Å². The highest BCUT2D eigenvalue weighted by Gasteiger charge is 2.22. The molecule has 0 saturated carbocycles. The van der Waals surface area contributed by atoms with Gasteiger partial charge in [0.1, 0.15) is 11.9 Å². The van der Waals surface area contributed by atoms with Crippen LogP contribution in [0.25, 0.3) is 0 Å². The largest absolute Gasteiger partial charge is 0.489 e. The third kappa shape index (κ3) is 3.60. The molecule has 1 aliphatic rings. The molecule has 1 N–H and O–H groups in total. The lowest BCUT2D eigenvalue weighted by atomic mass is 9.98. The van der Waals surface area contributed by atoms with E-state index < -0.39 is 0 Å². The SMILES string of the molecule is CC(C)Oc1ccc(O[C@H]2CCNC[C@@H]2C)nc1. The molecule has 1 saturated heterocycles. The summed E-state index contributed by atoms with van der Waals surface area (Å²) in [6.45, 7) is 8.23. The normalized spacial score (nSPS) is 24.0. The number of pyridine rings is 1. The van der Waals surface area contributed by atoms with Gasteiger partial charge in [-0.15, -0.1) is 0 Å². The minimum Gasteiger partial charge on any atom is -0.489 e. The van der Waals surface area contributed by atoms with E-state index in [2.05, 4.69) is 17.2 Å². The summed E-state index contributed by atoms with van der Waals surface area (Å²) >= 11 is 0. The first-order chi connectivity index (χ1) is 8.65. The van der Waals surface area contributed by atoms with Crippen molar-refractivity contribution in [2.24, 2.45) is 5.92 Å². The summed E-state index contributed by atoms with van der Waals surface area (Å²) in [6.07, 6.45) is 3.19. The molecule has 0 radical (unpaired) electrons. The van der Waals surface area contributed by atoms with E-state index in [1.54, 1.807) is 6.20 Å². The maximum absolute atomic E-state index is 5.92. The third-order valence-corrected chi connectivity index (χ3v) is 3.06. The fraction of sp³-hybridized carbons (Fsp3) is 0.643. The number of hydrogen-bond acceptors (Lipinski definition) is 4. The van der Waals surface area contributed by atoms with E-state index in [-0.39, 0.29) is 12.2 Å². The zero-order valence-electron chi connectivity index (χ0n) is 11.3. The molecule has 1 fully saturated rings. The topological polar surface area (TPSA) is 43.4 Å². The molecule has 2 atom stereocenters. The Morgan fingerprint density at radius 1 is 1.39 bits per heavy atom. The van der Waals surface area contributed by atoms with Gasteiger partial charge in [0.15, 0.2) is 0 Å². The Bertz CT molecular complexity index is 365. The van der Waals surface area contributed by atoms with E-state index in [1.165, 1.54) is 0 Å². The van der Waals surface area contributed by atoms with Crippen LogP contribution >= 0.6 is 0 Å². The molecule has 4 heteroatoms. The summed E-state index contributed by atoms with van der Waals surface area (Å²) in [5, 5.41) is 3.36. The molecule has 0 amide bonds. The smallest absolute Gasteiger partial charge is 0.213 e. The maximum atomic E-state index is 5.92. The van der Waals surface area contributed by atoms with Crippen LogP contribution in [0.3, 0.4) is 0 Å². The van der Waals surface area contributed by atoms with Gasteiger partial charge in [0, 0.05) is 18.5 Å². The van der Waals surface area contributed by atoms with Crippen molar-refractivity contribution in [3.8, 4) is 11.6 Å². The Balaban J connectivity index is 1.93. The van der Waals surface area contributed by atoms with E-state index in [9.17, 15) is 0 Å². The van der Waals surface area contributed by atoms with Crippen LogP contribution < -0.4 is 14.8 Å². The molecular formula is C14H22N2O2. The Morgan fingerprint density at radius 2 is 2.22 bits per heavy atom. The molecule has 18 heavy (non-hydrogen) atoms. The number of ether oxygens (including phenoxy) is 2. The summed E-state index contributed by atoms with van der Waals surface area (Å²) in [5.41, 5.74) is 0. The summed E-state index contributed by atoms with van der Waals surface area (Å²) in [6, 6.07) is 3.79. The Kier molecular flexibility index (Phi) is 4.42. The summed E-state index contributed by atoms with van der Waals surface area (Å²) < 4.78 is 11.5. The minimum atomic E-state index is 0.169. The predicted molar refractivity (Wildman–Crippen MR) is 71.1 cm³/mol. The first kappa shape index (κ1) is 13.1. The lowest BCUT2D eigenvalue weighted by Crippen LogP contribution is -2.41. The van der Waals surface area contributed by atoms with Gasteiger partial charge in [-0.2, -0.15) is 0 Å². The van der Waals surface area contributed by atoms with Crippen molar-refractivity contribution in [2.75, 3.05) is 13.1 Å². The molecule has 0 spiro atoms. The van der Waals surface area contributed by atoms with Gasteiger partial charge in [-0.1, -0.05) is 6.92 Å². The van der Waals surface area contributed by atoms with Crippen molar-refractivity contribution in [3.05, 3.63) is 18.3 Å². The molecule has 0 aromatic carbocycles. The molecule has 0 bridgehead atoms. The molecule has 0 aliphatic carbocycles. The first-order valence-electron chi connectivity index (χ1n) is 6.65. The fourth-order valence-electron chi connectivity index (χ4n) is 2.10. The molecule has 1 aromatic rings. The number of rotatable bonds is 4. The molecule has 2 rings (SSSR count). The third-order valence-electron chi connectivity index (χ3n) is 3.06. The van der Waals surface area contributed by atoms with Gasteiger partial charge in [-0.25, -0.2) is 4.98 Å². The zero-order valence-corrected chi connectivity index (χ0v) is 11.3. The molecule has 4 nitrogen and oxygen atoms in total. The number of nitrogens with one attached hydrogen (secondary N) is 1. The highest BCUT2D eigenvalue weighted by Crippen LogP contribution is 2.20. The molecule has 0 unspecified atom stereocenters. The second kappa shape index (κ2) is 6.05. The molecule has 100 valence electrons. The van der Waals surface area contributed by atoms with E-state index >= 15 is 0 Å². The second-order valence-electron chi connectivity index (χ2n) is 5.13. The number of hydrogen-bond donors (Lipinski definition) is 1. The Morgan fingerprint density at radius 3 is 2.83 bits per heavy atom. The number of aromatic nitrogens is 1. The summed E-state index contributed by atoms with van der Waals surface area (Å²) in [4.78, 5) is 4.29. The number of nitrogens with zero attached hydrogens (tertiary/aromatic N) is 1. The van der Waals surface area contributed by atoms with Gasteiger partial charge in [0.2, 0.25) is 5.88 Å². The van der Waals surface area contributed by atoms with Gasteiger partial charge in [-0.05, 0) is 32.9 Å². The average Bonchev–Trinajstić information content (AvgIpc) is 2.34. The van der Waals surface area contributed by atoms with Crippen molar-refractivity contribution in [3.63, 3.8) is 0 Å². The highest BCUT2D eigenvalue weighted by atomic mass is 16.5. The van der Waals surface area contributed by atoms with Crippen molar-refractivity contribution >= 4 is 0 Å². The van der Waals surface area contributed by atoms with Gasteiger partial charge in [-0.3, -0.25) is 0 Å². The molecular weight excluding hydrogens is 228 g/mol. The first-order valence-corrected chi connectivity index (χ1v) is 6.65. The molecule has 2 heterocycles. The highest BCUT2D eigenvalue weighted by molar-refractivity contribution is 5.23. The van der Waals surface area contributed by atoms with Gasteiger partial charge in [0.25, 0.3) is 0 Å². The van der Waals surface area contributed by atoms with Crippen LogP contribution in [0.5, 0.6) is 11.6 Å². The van der Waals surface area contributed by atoms with Crippen LogP contribution in [0.1, 0.15) is 27.2 Å². The standard InChI is InChI=1S/C14H22N2O2/c1-10(2)17-12-4-5-14(16-9-12)18-13-6-7-15-8-11(13)3/h4-5,9-11,13,15H,6-8H2,1-3H3/t11-,13-/m0/s1. The van der Waals surface area contributed by atoms with Crippen LogP contribution in [0.2, 0.25) is 0 Å². The zero-order chi connectivity index (χ0) is 13.0. The fourth-order valence-corrected chi connectivity index (χ4v) is 2.10. The summed E-state index contributed by atoms with van der Waals surface area (Å²) in [7, 11) is 0. The van der Waals surface area contributed by atoms with Gasteiger partial charge in [0.05, 0.1) is 12.3 Å². The van der Waals surface area contributed by atoms with E-state index in [4.69, 9.17) is 9.47 Å². The Hall–Kier alpha value is -1.29. The average molecular weight is 250 g/mol. The predicted octanol–water partition coefficient (Wildman–Crippen LogP) is 2.25. The van der Waals surface area contributed by atoms with Crippen molar-refractivity contribution in [1.82, 2.24) is 10.3 Å². The molecule has 1 aliphatic heterocycles. The monoisotopic (exact) mass is 250 g/mol. The minimum absolute atomic E-state index is 0.169. The van der Waals surface area contributed by atoms with Gasteiger partial charge < -0.3 is 14.8 Å². The van der Waals surface area contributed by atoms with Crippen LogP contribution in [0, 0.1) is 5.92 Å². The Labute approximate surface area is 109 Å². The van der Waals surface area contributed by atoms with E-state index in [1.807, 2.05) is 26.0 Å². The van der Waals surface area contributed by atoms with Crippen molar-refractivity contribution in [1.29, 1.82) is 0 Å². The van der Waals surface area contributed by atoms with E-state index in [0.29, 0.717) is 11.8 Å². The van der Waals surface area contributed by atoms with Crippen LogP contribution in [0.4, 0.5) is 0 Å². The lowest BCUT2D eigenvalue weighted by Gasteiger charge is -2.29. The lowest BCUT2D eigenvalue weighted by molar-refractivity contribution is 0.106. The number of piperidine rings is 1. The van der Waals surface area contributed by atoms with Crippen molar-refractivity contribution < 1.29 is 9.47 Å². The van der Waals surface area contributed by atoms with Crippen molar-refractivity contribution in [2.45, 2.75) is 39.4 Å². The van der Waals surface area contributed by atoms with E-state index in [0.717, 1.165) is 25.3 Å². The van der Waals surface area contributed by atoms with Crippen LogP contribution in [0.15, 0.2) is 18.3 Å². The van der Waals surface area contributed by atoms with Crippen LogP contribution in [-0.2, 0) is 0 Å². The molecule has 1 aromatic heterocycles. The van der Waals surface area contributed by atoms with Crippen LogP contribution in [-0.4, -0.2) is 30.3 Å². The maximum Gasteiger partial charge on any atom is 0.213 e. The summed E-state index contributed by atoms with van der Waals surface area (Å²) in [5.74, 6) is 1.99.